The van der Waals surface area contributed by atoms with E-state index in [1.54, 1.807) is 0 Å². The molecule has 2 nitrogen and oxygen atoms in total. The maximum Gasteiger partial charge on any atom is 0.0630 e. The zero-order valence-corrected chi connectivity index (χ0v) is 9.52. The number of anilines is 2. The molecule has 0 saturated carbocycles. The minimum Gasteiger partial charge on any atom is -0.397 e. The quantitative estimate of drug-likeness (QED) is 0.670. The van der Waals surface area contributed by atoms with Crippen LogP contribution in [0.4, 0.5) is 11.4 Å². The molecule has 0 atom stereocenters. The summed E-state index contributed by atoms with van der Waals surface area (Å²) >= 11 is 6.16. The molecule has 0 radical (unpaired) electrons. The van der Waals surface area contributed by atoms with Crippen molar-refractivity contribution >= 4 is 33.7 Å². The van der Waals surface area contributed by atoms with Crippen LogP contribution in [0, 0.1) is 13.8 Å². The lowest BCUT2D eigenvalue weighted by Crippen LogP contribution is -2.01. The number of nitrogen functional groups attached to an aromatic ring is 2. The highest BCUT2D eigenvalue weighted by Crippen LogP contribution is 2.37. The van der Waals surface area contributed by atoms with Gasteiger partial charge in [0.25, 0.3) is 0 Å². The molecule has 0 unspecified atom stereocenters. The van der Waals surface area contributed by atoms with Crippen LogP contribution in [0.1, 0.15) is 11.1 Å². The maximum absolute atomic E-state index is 6.16. The van der Waals surface area contributed by atoms with Gasteiger partial charge in [-0.3, -0.25) is 0 Å². The van der Waals surface area contributed by atoms with Crippen LogP contribution in [0.15, 0.2) is 18.2 Å². The highest BCUT2D eigenvalue weighted by Gasteiger charge is 2.11. The van der Waals surface area contributed by atoms with E-state index in [0.717, 1.165) is 26.9 Å². The number of nitrogens with two attached hydrogens (primary N) is 2. The van der Waals surface area contributed by atoms with Crippen molar-refractivity contribution in [2.75, 3.05) is 11.5 Å². The number of aryl methyl sites for hydroxylation is 1. The van der Waals surface area contributed by atoms with Crippen molar-refractivity contribution in [3.63, 3.8) is 0 Å². The average Bonchev–Trinajstić information content (AvgIpc) is 2.23. The molecular formula is C12H13ClN2. The lowest BCUT2D eigenvalue weighted by molar-refractivity contribution is 1.38. The van der Waals surface area contributed by atoms with Gasteiger partial charge in [0.05, 0.1) is 11.4 Å². The smallest absolute Gasteiger partial charge is 0.0630 e. The molecule has 78 valence electrons. The predicted octanol–water partition coefficient (Wildman–Crippen LogP) is 3.27. The molecule has 0 aliphatic heterocycles. The number of halogens is 1. The van der Waals surface area contributed by atoms with Gasteiger partial charge in [0.15, 0.2) is 0 Å². The van der Waals surface area contributed by atoms with E-state index in [0.29, 0.717) is 11.4 Å². The van der Waals surface area contributed by atoms with Crippen molar-refractivity contribution in [2.45, 2.75) is 13.8 Å². The molecule has 0 aliphatic carbocycles. The van der Waals surface area contributed by atoms with E-state index in [4.69, 9.17) is 23.1 Å². The van der Waals surface area contributed by atoms with Crippen LogP contribution in [0.25, 0.3) is 10.8 Å². The highest BCUT2D eigenvalue weighted by atomic mass is 35.5. The van der Waals surface area contributed by atoms with Crippen molar-refractivity contribution in [3.05, 3.63) is 34.3 Å². The molecule has 0 aliphatic rings. The molecule has 0 aromatic heterocycles. The first-order chi connectivity index (χ1) is 7.04. The Hall–Kier alpha value is -1.41. The van der Waals surface area contributed by atoms with E-state index in [-0.39, 0.29) is 0 Å². The molecule has 0 bridgehead atoms. The van der Waals surface area contributed by atoms with E-state index in [9.17, 15) is 0 Å². The van der Waals surface area contributed by atoms with Gasteiger partial charge in [0.1, 0.15) is 0 Å². The van der Waals surface area contributed by atoms with Crippen LogP contribution in [-0.4, -0.2) is 0 Å². The van der Waals surface area contributed by atoms with Crippen LogP contribution < -0.4 is 11.5 Å². The molecule has 0 saturated heterocycles. The van der Waals surface area contributed by atoms with Crippen molar-refractivity contribution in [1.82, 2.24) is 0 Å². The monoisotopic (exact) mass is 220 g/mol. The molecule has 15 heavy (non-hydrogen) atoms. The molecule has 0 amide bonds. The Balaban J connectivity index is 3.08. The Morgan fingerprint density at radius 1 is 1.00 bits per heavy atom. The zero-order valence-electron chi connectivity index (χ0n) is 8.76. The number of fused-ring (bicyclic) bond motifs is 1. The van der Waals surface area contributed by atoms with E-state index < -0.39 is 0 Å². The Labute approximate surface area is 93.8 Å². The van der Waals surface area contributed by atoms with Crippen LogP contribution >= 0.6 is 11.6 Å². The van der Waals surface area contributed by atoms with Crippen molar-refractivity contribution in [3.8, 4) is 0 Å². The lowest BCUT2D eigenvalue weighted by Gasteiger charge is -2.14. The molecule has 3 heteroatoms. The first-order valence-electron chi connectivity index (χ1n) is 4.76. The highest BCUT2D eigenvalue weighted by molar-refractivity contribution is 6.36. The molecule has 2 aromatic rings. The van der Waals surface area contributed by atoms with Gasteiger partial charge in [0.2, 0.25) is 0 Å². The van der Waals surface area contributed by atoms with Gasteiger partial charge >= 0.3 is 0 Å². The zero-order chi connectivity index (χ0) is 11.2. The summed E-state index contributed by atoms with van der Waals surface area (Å²) in [5, 5.41) is 2.66. The molecule has 0 fully saturated rings. The summed E-state index contributed by atoms with van der Waals surface area (Å²) in [6.07, 6.45) is 0. The Kier molecular flexibility index (Phi) is 2.24. The number of rotatable bonds is 0. The third-order valence-corrected chi connectivity index (χ3v) is 3.25. The van der Waals surface area contributed by atoms with Crippen LogP contribution in [0.5, 0.6) is 0 Å². The minimum atomic E-state index is 0.621. The first-order valence-corrected chi connectivity index (χ1v) is 5.14. The minimum absolute atomic E-state index is 0.621. The van der Waals surface area contributed by atoms with E-state index in [1.165, 1.54) is 0 Å². The molecule has 0 spiro atoms. The van der Waals surface area contributed by atoms with E-state index >= 15 is 0 Å². The van der Waals surface area contributed by atoms with Crippen molar-refractivity contribution in [1.29, 1.82) is 0 Å². The number of benzene rings is 2. The fraction of sp³-hybridized carbons (Fsp3) is 0.167. The Bertz CT molecular complexity index is 547. The van der Waals surface area contributed by atoms with Gasteiger partial charge in [0, 0.05) is 15.8 Å². The fourth-order valence-corrected chi connectivity index (χ4v) is 2.18. The average molecular weight is 221 g/mol. The second-order valence-corrected chi connectivity index (χ2v) is 4.15. The Morgan fingerprint density at radius 3 is 2.33 bits per heavy atom. The van der Waals surface area contributed by atoms with Gasteiger partial charge in [-0.1, -0.05) is 23.7 Å². The first kappa shape index (κ1) is 10.1. The van der Waals surface area contributed by atoms with Gasteiger partial charge in [-0.05, 0) is 31.0 Å². The molecule has 2 aromatic carbocycles. The number of hydrogen-bond acceptors (Lipinski definition) is 2. The van der Waals surface area contributed by atoms with E-state index in [2.05, 4.69) is 0 Å². The van der Waals surface area contributed by atoms with Crippen molar-refractivity contribution in [2.24, 2.45) is 0 Å². The third kappa shape index (κ3) is 1.33. The number of hydrogen-bond donors (Lipinski definition) is 2. The normalized spacial score (nSPS) is 10.9. The summed E-state index contributed by atoms with van der Waals surface area (Å²) in [7, 11) is 0. The van der Waals surface area contributed by atoms with Gasteiger partial charge < -0.3 is 11.5 Å². The SMILES string of the molecule is Cc1c(N)c(N)c2cccc(Cl)c2c1C. The second kappa shape index (κ2) is 3.31. The summed E-state index contributed by atoms with van der Waals surface area (Å²) in [6, 6.07) is 5.69. The standard InChI is InChI=1S/C12H13ClN2/c1-6-7(2)11(14)12(15)8-4-3-5-9(13)10(6)8/h3-5H,14-15H2,1-2H3. The van der Waals surface area contributed by atoms with Crippen LogP contribution in [0.3, 0.4) is 0 Å². The summed E-state index contributed by atoms with van der Waals surface area (Å²) in [5.74, 6) is 0. The van der Waals surface area contributed by atoms with Gasteiger partial charge in [-0.25, -0.2) is 0 Å². The van der Waals surface area contributed by atoms with Crippen LogP contribution in [0.2, 0.25) is 5.02 Å². The Morgan fingerprint density at radius 2 is 1.67 bits per heavy atom. The lowest BCUT2D eigenvalue weighted by atomic mass is 9.97. The van der Waals surface area contributed by atoms with E-state index in [1.807, 2.05) is 32.0 Å². The second-order valence-electron chi connectivity index (χ2n) is 3.74. The summed E-state index contributed by atoms with van der Waals surface area (Å²) < 4.78 is 0. The molecular weight excluding hydrogens is 208 g/mol. The predicted molar refractivity (Wildman–Crippen MR) is 67.3 cm³/mol. The summed E-state index contributed by atoms with van der Waals surface area (Å²) in [5.41, 5.74) is 15.3. The van der Waals surface area contributed by atoms with Crippen molar-refractivity contribution < 1.29 is 0 Å². The summed E-state index contributed by atoms with van der Waals surface area (Å²) in [6.45, 7) is 3.98. The molecule has 2 rings (SSSR count). The molecule has 0 heterocycles. The topological polar surface area (TPSA) is 52.0 Å². The van der Waals surface area contributed by atoms with Gasteiger partial charge in [-0.2, -0.15) is 0 Å². The largest absolute Gasteiger partial charge is 0.397 e. The maximum atomic E-state index is 6.16. The molecule has 4 N–H and O–H groups in total. The van der Waals surface area contributed by atoms with Crippen LogP contribution in [-0.2, 0) is 0 Å². The summed E-state index contributed by atoms with van der Waals surface area (Å²) in [4.78, 5) is 0. The van der Waals surface area contributed by atoms with Gasteiger partial charge in [-0.15, -0.1) is 0 Å². The third-order valence-electron chi connectivity index (χ3n) is 2.94. The fourth-order valence-electron chi connectivity index (χ4n) is 1.87.